The Balaban J connectivity index is 2.37. The third-order valence-electron chi connectivity index (χ3n) is 4.62. The molecule has 3 aromatic rings. The van der Waals surface area contributed by atoms with E-state index in [-0.39, 0.29) is 6.61 Å². The van der Waals surface area contributed by atoms with E-state index in [0.29, 0.717) is 0 Å². The van der Waals surface area contributed by atoms with Crippen LogP contribution in [0.1, 0.15) is 6.42 Å². The number of hydrogen-bond acceptors (Lipinski definition) is 1. The molecule has 0 saturated carbocycles. The minimum absolute atomic E-state index is 0.216. The summed E-state index contributed by atoms with van der Waals surface area (Å²) < 4.78 is -2.64. The Morgan fingerprint density at radius 3 is 1.25 bits per heavy atom. The van der Waals surface area contributed by atoms with Gasteiger partial charge in [-0.25, -0.2) is 0 Å². The van der Waals surface area contributed by atoms with Gasteiger partial charge in [0.25, 0.3) is 0 Å². The van der Waals surface area contributed by atoms with E-state index in [4.69, 9.17) is 0 Å². The Bertz CT molecular complexity index is 675. The van der Waals surface area contributed by atoms with Crippen molar-refractivity contribution in [1.82, 2.24) is 0 Å². The van der Waals surface area contributed by atoms with Crippen LogP contribution >= 0.6 is 26.3 Å². The number of rotatable bonds is 6. The van der Waals surface area contributed by atoms with E-state index in [1.807, 2.05) is 0 Å². The molecular weight excluding hydrogens is 426 g/mol. The summed E-state index contributed by atoms with van der Waals surface area (Å²) in [6.07, 6.45) is 1.75. The van der Waals surface area contributed by atoms with Crippen molar-refractivity contribution >= 4 is 42.2 Å². The number of benzene rings is 3. The molecule has 0 radical (unpaired) electrons. The van der Waals surface area contributed by atoms with Gasteiger partial charge in [0.1, 0.15) is 0 Å². The second-order valence-electron chi connectivity index (χ2n) is 5.99. The molecule has 3 rings (SSSR count). The first-order valence-electron chi connectivity index (χ1n) is 8.20. The normalized spacial score (nSPS) is 13.2. The molecule has 0 spiro atoms. The standard InChI is InChI=1S/C21H22IOP/c22-24(18-10-17-23,19-11-4-1-5-12-19,20-13-6-2-7-14-20)21-15-8-3-9-16-21/h1-9,11-16,23H,10,17-18H2. The first-order valence-corrected chi connectivity index (χ1v) is 13.4. The maximum atomic E-state index is 9.60. The van der Waals surface area contributed by atoms with E-state index < -0.39 is 4.25 Å². The number of aliphatic hydroxyl groups excluding tert-OH is 1. The molecule has 0 aliphatic heterocycles. The molecular formula is C21H22IOP. The second kappa shape index (κ2) is 7.35. The predicted molar refractivity (Wildman–Crippen MR) is 116 cm³/mol. The number of aliphatic hydroxyl groups is 1. The molecule has 0 aliphatic rings. The van der Waals surface area contributed by atoms with Crippen molar-refractivity contribution in [2.75, 3.05) is 12.8 Å². The fourth-order valence-corrected chi connectivity index (χ4v) is 12.1. The zero-order chi connectivity index (χ0) is 16.9. The molecule has 0 amide bonds. The van der Waals surface area contributed by atoms with Crippen molar-refractivity contribution in [2.24, 2.45) is 0 Å². The fourth-order valence-electron chi connectivity index (χ4n) is 3.42. The van der Waals surface area contributed by atoms with Crippen LogP contribution in [0.3, 0.4) is 0 Å². The molecule has 0 fully saturated rings. The third-order valence-corrected chi connectivity index (χ3v) is 16.4. The van der Waals surface area contributed by atoms with Gasteiger partial charge in [0.05, 0.1) is 0 Å². The summed E-state index contributed by atoms with van der Waals surface area (Å²) in [5, 5.41) is 13.7. The summed E-state index contributed by atoms with van der Waals surface area (Å²) in [4.78, 5) is 0. The molecule has 0 unspecified atom stereocenters. The quantitative estimate of drug-likeness (QED) is 0.442. The van der Waals surface area contributed by atoms with E-state index in [1.54, 1.807) is 0 Å². The molecule has 3 aromatic carbocycles. The minimum atomic E-state index is -2.64. The molecule has 0 aromatic heterocycles. The van der Waals surface area contributed by atoms with Gasteiger partial charge in [-0.3, -0.25) is 0 Å². The molecule has 0 atom stereocenters. The van der Waals surface area contributed by atoms with Crippen LogP contribution in [-0.2, 0) is 0 Å². The van der Waals surface area contributed by atoms with E-state index in [0.717, 1.165) is 12.6 Å². The average molecular weight is 448 g/mol. The van der Waals surface area contributed by atoms with E-state index in [1.165, 1.54) is 15.9 Å². The van der Waals surface area contributed by atoms with E-state index in [9.17, 15) is 5.11 Å². The summed E-state index contributed by atoms with van der Waals surface area (Å²) >= 11 is 2.75. The van der Waals surface area contributed by atoms with Crippen molar-refractivity contribution in [3.63, 3.8) is 0 Å². The third kappa shape index (κ3) is 2.92. The van der Waals surface area contributed by atoms with Crippen LogP contribution in [0, 0.1) is 0 Å². The second-order valence-corrected chi connectivity index (χ2v) is 16.7. The maximum absolute atomic E-state index is 9.60. The summed E-state index contributed by atoms with van der Waals surface area (Å²) in [5.41, 5.74) is 0. The molecule has 0 heterocycles. The summed E-state index contributed by atoms with van der Waals surface area (Å²) in [7, 11) is 0. The van der Waals surface area contributed by atoms with Crippen molar-refractivity contribution in [1.29, 1.82) is 0 Å². The number of hydrogen-bond donors (Lipinski definition) is 1. The van der Waals surface area contributed by atoms with E-state index >= 15 is 0 Å². The Labute approximate surface area is 157 Å². The van der Waals surface area contributed by atoms with Crippen LogP contribution in [-0.4, -0.2) is 17.9 Å². The summed E-state index contributed by atoms with van der Waals surface area (Å²) in [6, 6.07) is 32.5. The van der Waals surface area contributed by atoms with Crippen molar-refractivity contribution in [3.8, 4) is 0 Å². The first kappa shape index (κ1) is 17.6. The Morgan fingerprint density at radius 1 is 0.625 bits per heavy atom. The Morgan fingerprint density at radius 2 is 0.958 bits per heavy atom. The van der Waals surface area contributed by atoms with E-state index in [2.05, 4.69) is 113 Å². The molecule has 0 saturated heterocycles. The zero-order valence-corrected chi connectivity index (χ0v) is 16.6. The van der Waals surface area contributed by atoms with Crippen LogP contribution in [0.4, 0.5) is 0 Å². The Hall–Kier alpha value is -1.22. The van der Waals surface area contributed by atoms with Crippen LogP contribution in [0.25, 0.3) is 0 Å². The van der Waals surface area contributed by atoms with Gasteiger partial charge in [-0.1, -0.05) is 0 Å². The van der Waals surface area contributed by atoms with Crippen molar-refractivity contribution in [3.05, 3.63) is 91.0 Å². The summed E-state index contributed by atoms with van der Waals surface area (Å²) in [6.45, 7) is 0.216. The van der Waals surface area contributed by atoms with Gasteiger partial charge in [0, 0.05) is 0 Å². The van der Waals surface area contributed by atoms with Gasteiger partial charge in [0.15, 0.2) is 0 Å². The molecule has 124 valence electrons. The van der Waals surface area contributed by atoms with Gasteiger partial charge in [-0.15, -0.1) is 0 Å². The Kier molecular flexibility index (Phi) is 5.39. The molecule has 24 heavy (non-hydrogen) atoms. The molecule has 0 aliphatic carbocycles. The molecule has 3 heteroatoms. The summed E-state index contributed by atoms with van der Waals surface area (Å²) in [5.74, 6) is 0. The topological polar surface area (TPSA) is 20.2 Å². The monoisotopic (exact) mass is 448 g/mol. The average Bonchev–Trinajstić information content (AvgIpc) is 2.68. The van der Waals surface area contributed by atoms with Gasteiger partial charge < -0.3 is 0 Å². The predicted octanol–water partition coefficient (Wildman–Crippen LogP) is 4.25. The molecule has 0 bridgehead atoms. The van der Waals surface area contributed by atoms with Crippen LogP contribution < -0.4 is 15.9 Å². The van der Waals surface area contributed by atoms with Crippen LogP contribution in [0.15, 0.2) is 91.0 Å². The van der Waals surface area contributed by atoms with Gasteiger partial charge in [0.2, 0.25) is 0 Å². The van der Waals surface area contributed by atoms with Crippen LogP contribution in [0.2, 0.25) is 0 Å². The molecule has 1 nitrogen and oxygen atoms in total. The van der Waals surface area contributed by atoms with Crippen LogP contribution in [0.5, 0.6) is 0 Å². The molecule has 1 N–H and O–H groups in total. The van der Waals surface area contributed by atoms with Gasteiger partial charge in [-0.2, -0.15) is 0 Å². The number of halogens is 1. The first-order chi connectivity index (χ1) is 11.7. The van der Waals surface area contributed by atoms with Gasteiger partial charge >= 0.3 is 157 Å². The zero-order valence-electron chi connectivity index (χ0n) is 13.6. The van der Waals surface area contributed by atoms with Gasteiger partial charge in [-0.05, 0) is 0 Å². The van der Waals surface area contributed by atoms with Crippen molar-refractivity contribution in [2.45, 2.75) is 6.42 Å². The fraction of sp³-hybridized carbons (Fsp3) is 0.143. The SMILES string of the molecule is OCCCP(I)(c1ccccc1)(c1ccccc1)c1ccccc1. The van der Waals surface area contributed by atoms with Crippen molar-refractivity contribution < 1.29 is 5.11 Å².